The van der Waals surface area contributed by atoms with Crippen molar-refractivity contribution in [2.45, 2.75) is 59.0 Å². The van der Waals surface area contributed by atoms with Gasteiger partial charge in [-0.3, -0.25) is 4.90 Å². The van der Waals surface area contributed by atoms with E-state index in [1.54, 1.807) is 0 Å². The van der Waals surface area contributed by atoms with Crippen LogP contribution in [0.2, 0.25) is 0 Å². The van der Waals surface area contributed by atoms with E-state index in [1.807, 2.05) is 0 Å². The van der Waals surface area contributed by atoms with Crippen LogP contribution in [0.1, 0.15) is 47.0 Å². The van der Waals surface area contributed by atoms with Crippen LogP contribution in [0, 0.1) is 5.92 Å². The second kappa shape index (κ2) is 4.27. The monoisotopic (exact) mass is 169 g/mol. The topological polar surface area (TPSA) is 3.24 Å². The Morgan fingerprint density at radius 3 is 2.50 bits per heavy atom. The lowest BCUT2D eigenvalue weighted by Crippen LogP contribution is -2.34. The van der Waals surface area contributed by atoms with E-state index >= 15 is 0 Å². The van der Waals surface area contributed by atoms with Gasteiger partial charge in [0.15, 0.2) is 0 Å². The molecule has 1 heterocycles. The highest BCUT2D eigenvalue weighted by Gasteiger charge is 2.28. The van der Waals surface area contributed by atoms with E-state index in [9.17, 15) is 0 Å². The summed E-state index contributed by atoms with van der Waals surface area (Å²) in [5.41, 5.74) is 0. The number of nitrogens with zero attached hydrogens (tertiary/aromatic N) is 1. The van der Waals surface area contributed by atoms with Crippen molar-refractivity contribution in [1.29, 1.82) is 0 Å². The lowest BCUT2D eigenvalue weighted by molar-refractivity contribution is 0.193. The van der Waals surface area contributed by atoms with Gasteiger partial charge in [-0.2, -0.15) is 0 Å². The van der Waals surface area contributed by atoms with Crippen molar-refractivity contribution in [3.05, 3.63) is 0 Å². The molecule has 1 aliphatic heterocycles. The summed E-state index contributed by atoms with van der Waals surface area (Å²) >= 11 is 0. The average molecular weight is 169 g/mol. The lowest BCUT2D eigenvalue weighted by atomic mass is 10.0. The molecule has 1 fully saturated rings. The second-order valence-electron chi connectivity index (χ2n) is 4.54. The highest BCUT2D eigenvalue weighted by molar-refractivity contribution is 4.84. The van der Waals surface area contributed by atoms with Gasteiger partial charge in [0.25, 0.3) is 0 Å². The molecule has 0 aliphatic carbocycles. The number of hydrogen-bond donors (Lipinski definition) is 0. The Morgan fingerprint density at radius 2 is 2.00 bits per heavy atom. The molecule has 72 valence electrons. The van der Waals surface area contributed by atoms with Crippen LogP contribution in [0.4, 0.5) is 0 Å². The van der Waals surface area contributed by atoms with Gasteiger partial charge in [0, 0.05) is 12.1 Å². The molecule has 1 aliphatic rings. The van der Waals surface area contributed by atoms with E-state index in [0.717, 1.165) is 18.0 Å². The van der Waals surface area contributed by atoms with Crippen molar-refractivity contribution in [2.24, 2.45) is 5.92 Å². The summed E-state index contributed by atoms with van der Waals surface area (Å²) in [5, 5.41) is 0. The van der Waals surface area contributed by atoms with Crippen molar-refractivity contribution >= 4 is 0 Å². The van der Waals surface area contributed by atoms with E-state index < -0.39 is 0 Å². The fourth-order valence-electron chi connectivity index (χ4n) is 2.49. The molecule has 1 heteroatoms. The SMILES string of the molecule is CCN1C(CC(C)C)CC[C@H]1C. The van der Waals surface area contributed by atoms with Gasteiger partial charge in [0.1, 0.15) is 0 Å². The van der Waals surface area contributed by atoms with Crippen LogP contribution in [-0.2, 0) is 0 Å². The Bertz CT molecular complexity index is 131. The van der Waals surface area contributed by atoms with E-state index in [4.69, 9.17) is 0 Å². The molecular formula is C11H23N. The first-order chi connectivity index (χ1) is 5.65. The first kappa shape index (κ1) is 10.0. The van der Waals surface area contributed by atoms with Gasteiger partial charge in [0.2, 0.25) is 0 Å². The Hall–Kier alpha value is -0.0400. The van der Waals surface area contributed by atoms with Gasteiger partial charge in [-0.15, -0.1) is 0 Å². The van der Waals surface area contributed by atoms with Crippen LogP contribution < -0.4 is 0 Å². The Morgan fingerprint density at radius 1 is 1.33 bits per heavy atom. The van der Waals surface area contributed by atoms with Gasteiger partial charge in [-0.05, 0) is 38.6 Å². The molecule has 0 N–H and O–H groups in total. The van der Waals surface area contributed by atoms with Crippen molar-refractivity contribution in [1.82, 2.24) is 4.90 Å². The summed E-state index contributed by atoms with van der Waals surface area (Å²) in [6.45, 7) is 10.5. The molecule has 0 aromatic rings. The molecule has 1 saturated heterocycles. The minimum atomic E-state index is 0.832. The molecular weight excluding hydrogens is 146 g/mol. The molecule has 0 aromatic heterocycles. The summed E-state index contributed by atoms with van der Waals surface area (Å²) in [7, 11) is 0. The smallest absolute Gasteiger partial charge is 0.0101 e. The highest BCUT2D eigenvalue weighted by Crippen LogP contribution is 2.27. The van der Waals surface area contributed by atoms with Crippen LogP contribution >= 0.6 is 0 Å². The molecule has 1 nitrogen and oxygen atoms in total. The highest BCUT2D eigenvalue weighted by atomic mass is 15.2. The van der Waals surface area contributed by atoms with E-state index in [1.165, 1.54) is 25.8 Å². The summed E-state index contributed by atoms with van der Waals surface area (Å²) in [6, 6.07) is 1.71. The van der Waals surface area contributed by atoms with Crippen molar-refractivity contribution in [2.75, 3.05) is 6.54 Å². The number of likely N-dealkylation sites (tertiary alicyclic amines) is 1. The molecule has 0 amide bonds. The third kappa shape index (κ3) is 2.22. The first-order valence-corrected chi connectivity index (χ1v) is 5.40. The van der Waals surface area contributed by atoms with Crippen LogP contribution in [-0.4, -0.2) is 23.5 Å². The molecule has 0 bridgehead atoms. The fourth-order valence-corrected chi connectivity index (χ4v) is 2.49. The zero-order valence-electron chi connectivity index (χ0n) is 9.01. The quantitative estimate of drug-likeness (QED) is 0.628. The Balaban J connectivity index is 2.43. The second-order valence-corrected chi connectivity index (χ2v) is 4.54. The Labute approximate surface area is 77.1 Å². The zero-order chi connectivity index (χ0) is 9.14. The molecule has 0 spiro atoms. The minimum absolute atomic E-state index is 0.832. The van der Waals surface area contributed by atoms with E-state index in [0.29, 0.717) is 0 Å². The molecule has 12 heavy (non-hydrogen) atoms. The van der Waals surface area contributed by atoms with Gasteiger partial charge in [-0.1, -0.05) is 20.8 Å². The molecule has 1 rings (SSSR count). The molecule has 0 aromatic carbocycles. The van der Waals surface area contributed by atoms with Crippen LogP contribution in [0.5, 0.6) is 0 Å². The number of rotatable bonds is 3. The summed E-state index contributed by atoms with van der Waals surface area (Å²) < 4.78 is 0. The van der Waals surface area contributed by atoms with Gasteiger partial charge < -0.3 is 0 Å². The van der Waals surface area contributed by atoms with Crippen molar-refractivity contribution in [3.8, 4) is 0 Å². The normalized spacial score (nSPS) is 31.8. The van der Waals surface area contributed by atoms with Crippen LogP contribution in [0.15, 0.2) is 0 Å². The Kier molecular flexibility index (Phi) is 3.57. The van der Waals surface area contributed by atoms with Gasteiger partial charge >= 0.3 is 0 Å². The predicted octanol–water partition coefficient (Wildman–Crippen LogP) is 2.91. The largest absolute Gasteiger partial charge is 0.298 e. The van der Waals surface area contributed by atoms with E-state index in [2.05, 4.69) is 32.6 Å². The van der Waals surface area contributed by atoms with Gasteiger partial charge in [0.05, 0.1) is 0 Å². The average Bonchev–Trinajstić information content (AvgIpc) is 2.30. The summed E-state index contributed by atoms with van der Waals surface area (Å²) in [4.78, 5) is 2.67. The van der Waals surface area contributed by atoms with Crippen LogP contribution in [0.3, 0.4) is 0 Å². The van der Waals surface area contributed by atoms with Crippen molar-refractivity contribution < 1.29 is 0 Å². The summed E-state index contributed by atoms with van der Waals surface area (Å²) in [6.07, 6.45) is 4.22. The molecule has 1 unspecified atom stereocenters. The maximum absolute atomic E-state index is 2.67. The predicted molar refractivity (Wildman–Crippen MR) is 54.3 cm³/mol. The lowest BCUT2D eigenvalue weighted by Gasteiger charge is -2.27. The summed E-state index contributed by atoms with van der Waals surface area (Å²) in [5.74, 6) is 0.856. The fraction of sp³-hybridized carbons (Fsp3) is 1.00. The van der Waals surface area contributed by atoms with Crippen LogP contribution in [0.25, 0.3) is 0 Å². The standard InChI is InChI=1S/C11H23N/c1-5-12-10(4)6-7-11(12)8-9(2)3/h9-11H,5-8H2,1-4H3/t10-,11?/m1/s1. The molecule has 2 atom stereocenters. The van der Waals surface area contributed by atoms with Crippen molar-refractivity contribution in [3.63, 3.8) is 0 Å². The third-order valence-corrected chi connectivity index (χ3v) is 3.06. The third-order valence-electron chi connectivity index (χ3n) is 3.06. The molecule has 0 saturated carbocycles. The zero-order valence-corrected chi connectivity index (χ0v) is 9.01. The van der Waals surface area contributed by atoms with Gasteiger partial charge in [-0.25, -0.2) is 0 Å². The molecule has 0 radical (unpaired) electrons. The maximum atomic E-state index is 2.67. The van der Waals surface area contributed by atoms with E-state index in [-0.39, 0.29) is 0 Å². The number of hydrogen-bond acceptors (Lipinski definition) is 1. The first-order valence-electron chi connectivity index (χ1n) is 5.40. The maximum Gasteiger partial charge on any atom is 0.0101 e. The minimum Gasteiger partial charge on any atom is -0.298 e.